The second kappa shape index (κ2) is 6.86. The summed E-state index contributed by atoms with van der Waals surface area (Å²) < 4.78 is 5.47. The van der Waals surface area contributed by atoms with Crippen LogP contribution in [-0.2, 0) is 9.53 Å². The predicted molar refractivity (Wildman–Crippen MR) is 84.7 cm³/mol. The Labute approximate surface area is 133 Å². The van der Waals surface area contributed by atoms with Crippen molar-refractivity contribution in [2.24, 2.45) is 0 Å². The summed E-state index contributed by atoms with van der Waals surface area (Å²) in [5, 5.41) is 0. The van der Waals surface area contributed by atoms with Gasteiger partial charge in [0.15, 0.2) is 0 Å². The average Bonchev–Trinajstić information content (AvgIpc) is 2.45. The Kier molecular flexibility index (Phi) is 5.32. The summed E-state index contributed by atoms with van der Waals surface area (Å²) in [5.41, 5.74) is -0.532. The first-order valence-electron chi connectivity index (χ1n) is 8.25. The Balaban J connectivity index is 2.02. The minimum atomic E-state index is -0.532. The SMILES string of the molecule is CN1CCN(C(=O)C2CCCCN2C(=O)OC(C)(C)C)CC1. The maximum Gasteiger partial charge on any atom is 0.410 e. The lowest BCUT2D eigenvalue weighted by Crippen LogP contribution is -2.57. The predicted octanol–water partition coefficient (Wildman–Crippen LogP) is 1.55. The third-order valence-corrected chi connectivity index (χ3v) is 4.23. The lowest BCUT2D eigenvalue weighted by molar-refractivity contribution is -0.139. The van der Waals surface area contributed by atoms with Gasteiger partial charge in [-0.25, -0.2) is 4.79 Å². The van der Waals surface area contributed by atoms with Crippen LogP contribution in [0.1, 0.15) is 40.0 Å². The van der Waals surface area contributed by atoms with Crippen molar-refractivity contribution in [2.45, 2.75) is 51.7 Å². The number of carbonyl (C=O) groups is 2. The van der Waals surface area contributed by atoms with E-state index in [0.717, 1.165) is 45.4 Å². The topological polar surface area (TPSA) is 53.1 Å². The molecule has 0 aromatic carbocycles. The van der Waals surface area contributed by atoms with Gasteiger partial charge in [0.2, 0.25) is 5.91 Å². The van der Waals surface area contributed by atoms with Gasteiger partial charge in [0, 0.05) is 32.7 Å². The maximum atomic E-state index is 12.8. The Bertz CT molecular complexity index is 411. The van der Waals surface area contributed by atoms with Crippen molar-refractivity contribution >= 4 is 12.0 Å². The third kappa shape index (κ3) is 4.35. The number of ether oxygens (including phenoxy) is 1. The van der Waals surface area contributed by atoms with E-state index in [1.54, 1.807) is 4.90 Å². The fourth-order valence-corrected chi connectivity index (χ4v) is 2.96. The van der Waals surface area contributed by atoms with Gasteiger partial charge in [-0.1, -0.05) is 0 Å². The monoisotopic (exact) mass is 311 g/mol. The molecule has 2 heterocycles. The summed E-state index contributed by atoms with van der Waals surface area (Å²) in [6, 6.07) is -0.355. The van der Waals surface area contributed by atoms with Gasteiger partial charge in [-0.05, 0) is 47.1 Å². The molecule has 2 aliphatic heterocycles. The zero-order valence-corrected chi connectivity index (χ0v) is 14.3. The molecule has 0 spiro atoms. The Morgan fingerprint density at radius 2 is 1.64 bits per heavy atom. The Morgan fingerprint density at radius 1 is 1.00 bits per heavy atom. The number of amides is 2. The van der Waals surface area contributed by atoms with E-state index in [4.69, 9.17) is 4.74 Å². The molecule has 6 heteroatoms. The van der Waals surface area contributed by atoms with E-state index >= 15 is 0 Å². The molecule has 2 fully saturated rings. The summed E-state index contributed by atoms with van der Waals surface area (Å²) >= 11 is 0. The molecule has 22 heavy (non-hydrogen) atoms. The van der Waals surface area contributed by atoms with Crippen LogP contribution in [0.4, 0.5) is 4.79 Å². The van der Waals surface area contributed by atoms with Crippen LogP contribution >= 0.6 is 0 Å². The minimum absolute atomic E-state index is 0.0821. The number of piperidine rings is 1. The van der Waals surface area contributed by atoms with Gasteiger partial charge in [-0.15, -0.1) is 0 Å². The third-order valence-electron chi connectivity index (χ3n) is 4.23. The second-order valence-corrected chi connectivity index (χ2v) is 7.31. The quantitative estimate of drug-likeness (QED) is 0.737. The molecule has 0 aliphatic carbocycles. The van der Waals surface area contributed by atoms with Crippen LogP contribution in [0.5, 0.6) is 0 Å². The van der Waals surface area contributed by atoms with E-state index < -0.39 is 5.60 Å². The van der Waals surface area contributed by atoms with Crippen molar-refractivity contribution < 1.29 is 14.3 Å². The molecule has 6 nitrogen and oxygen atoms in total. The van der Waals surface area contributed by atoms with Crippen LogP contribution < -0.4 is 0 Å². The number of likely N-dealkylation sites (N-methyl/N-ethyl adjacent to an activating group) is 1. The molecule has 0 bridgehead atoms. The molecular weight excluding hydrogens is 282 g/mol. The molecule has 2 saturated heterocycles. The number of likely N-dealkylation sites (tertiary alicyclic amines) is 1. The van der Waals surface area contributed by atoms with Gasteiger partial charge in [0.05, 0.1) is 0 Å². The van der Waals surface area contributed by atoms with Crippen molar-refractivity contribution in [3.05, 3.63) is 0 Å². The lowest BCUT2D eigenvalue weighted by atomic mass is 10.0. The van der Waals surface area contributed by atoms with Crippen molar-refractivity contribution in [3.63, 3.8) is 0 Å². The highest BCUT2D eigenvalue weighted by atomic mass is 16.6. The zero-order chi connectivity index (χ0) is 16.3. The highest BCUT2D eigenvalue weighted by Crippen LogP contribution is 2.22. The molecule has 1 atom stereocenters. The first-order valence-corrected chi connectivity index (χ1v) is 8.25. The van der Waals surface area contributed by atoms with Crippen LogP contribution in [0.25, 0.3) is 0 Å². The summed E-state index contributed by atoms with van der Waals surface area (Å²) in [5.74, 6) is 0.0821. The Hall–Kier alpha value is -1.30. The first-order chi connectivity index (χ1) is 10.3. The summed E-state index contributed by atoms with van der Waals surface area (Å²) in [7, 11) is 2.06. The molecule has 0 N–H and O–H groups in total. The van der Waals surface area contributed by atoms with E-state index in [9.17, 15) is 9.59 Å². The minimum Gasteiger partial charge on any atom is -0.444 e. The van der Waals surface area contributed by atoms with Crippen molar-refractivity contribution in [3.8, 4) is 0 Å². The lowest BCUT2D eigenvalue weighted by Gasteiger charge is -2.40. The normalized spacial score (nSPS) is 24.3. The van der Waals surface area contributed by atoms with Crippen molar-refractivity contribution in [1.29, 1.82) is 0 Å². The molecule has 0 saturated carbocycles. The number of hydrogen-bond acceptors (Lipinski definition) is 4. The van der Waals surface area contributed by atoms with Crippen molar-refractivity contribution in [1.82, 2.24) is 14.7 Å². The molecule has 2 aliphatic rings. The van der Waals surface area contributed by atoms with Gasteiger partial charge in [-0.2, -0.15) is 0 Å². The number of rotatable bonds is 1. The molecule has 126 valence electrons. The molecule has 0 radical (unpaired) electrons. The van der Waals surface area contributed by atoms with Gasteiger partial charge in [0.1, 0.15) is 11.6 Å². The molecule has 0 aromatic rings. The fourth-order valence-electron chi connectivity index (χ4n) is 2.96. The summed E-state index contributed by atoms with van der Waals surface area (Å²) in [6.07, 6.45) is 2.30. The van der Waals surface area contributed by atoms with E-state index in [2.05, 4.69) is 11.9 Å². The highest BCUT2D eigenvalue weighted by Gasteiger charge is 2.37. The highest BCUT2D eigenvalue weighted by molar-refractivity contribution is 5.86. The second-order valence-electron chi connectivity index (χ2n) is 7.31. The van der Waals surface area contributed by atoms with E-state index in [-0.39, 0.29) is 18.0 Å². The van der Waals surface area contributed by atoms with Crippen molar-refractivity contribution in [2.75, 3.05) is 39.8 Å². The van der Waals surface area contributed by atoms with Crippen LogP contribution in [0.3, 0.4) is 0 Å². The fraction of sp³-hybridized carbons (Fsp3) is 0.875. The van der Waals surface area contributed by atoms with Gasteiger partial charge >= 0.3 is 6.09 Å². The van der Waals surface area contributed by atoms with Gasteiger partial charge in [-0.3, -0.25) is 9.69 Å². The number of hydrogen-bond donors (Lipinski definition) is 0. The number of nitrogens with zero attached hydrogens (tertiary/aromatic N) is 3. The molecule has 2 rings (SSSR count). The largest absolute Gasteiger partial charge is 0.444 e. The summed E-state index contributed by atoms with van der Waals surface area (Å²) in [6.45, 7) is 9.45. The maximum absolute atomic E-state index is 12.8. The van der Waals surface area contributed by atoms with Crippen LogP contribution in [0, 0.1) is 0 Å². The average molecular weight is 311 g/mol. The van der Waals surface area contributed by atoms with Crippen LogP contribution in [-0.4, -0.2) is 78.1 Å². The van der Waals surface area contributed by atoms with E-state index in [1.165, 1.54) is 0 Å². The van der Waals surface area contributed by atoms with E-state index in [1.807, 2.05) is 25.7 Å². The Morgan fingerprint density at radius 3 is 2.23 bits per heavy atom. The summed E-state index contributed by atoms with van der Waals surface area (Å²) in [4.78, 5) is 30.9. The zero-order valence-electron chi connectivity index (χ0n) is 14.3. The molecule has 2 amide bonds. The molecular formula is C16H29N3O3. The van der Waals surface area contributed by atoms with Crippen LogP contribution in [0.15, 0.2) is 0 Å². The number of carbonyl (C=O) groups excluding carboxylic acids is 2. The van der Waals surface area contributed by atoms with E-state index in [0.29, 0.717) is 6.54 Å². The standard InChI is InChI=1S/C16H29N3O3/c1-16(2,3)22-15(21)19-8-6-5-7-13(19)14(20)18-11-9-17(4)10-12-18/h13H,5-12H2,1-4H3. The molecule has 1 unspecified atom stereocenters. The van der Waals surface area contributed by atoms with Crippen LogP contribution in [0.2, 0.25) is 0 Å². The van der Waals surface area contributed by atoms with Gasteiger partial charge < -0.3 is 14.5 Å². The smallest absolute Gasteiger partial charge is 0.410 e. The van der Waals surface area contributed by atoms with Gasteiger partial charge in [0.25, 0.3) is 0 Å². The number of piperazine rings is 1. The molecule has 0 aromatic heterocycles. The first kappa shape index (κ1) is 17.1.